The van der Waals surface area contributed by atoms with Crippen molar-refractivity contribution in [3.63, 3.8) is 0 Å². The number of benzene rings is 1. The van der Waals surface area contributed by atoms with Gasteiger partial charge in [-0.25, -0.2) is 9.59 Å². The summed E-state index contributed by atoms with van der Waals surface area (Å²) in [5, 5.41) is 27.5. The summed E-state index contributed by atoms with van der Waals surface area (Å²) < 4.78 is 0. The van der Waals surface area contributed by atoms with Crippen molar-refractivity contribution in [2.75, 3.05) is 25.0 Å². The molecule has 2 saturated heterocycles. The second-order valence-electron chi connectivity index (χ2n) is 7.81. The first-order valence-electron chi connectivity index (χ1n) is 9.96. The van der Waals surface area contributed by atoms with Crippen LogP contribution in [0.25, 0.3) is 0 Å². The fraction of sp³-hybridized carbons (Fsp3) is 0.304. The highest BCUT2D eigenvalue weighted by molar-refractivity contribution is 5.97. The molecule has 2 aliphatic heterocycles. The van der Waals surface area contributed by atoms with Gasteiger partial charge in [-0.2, -0.15) is 0 Å². The van der Waals surface area contributed by atoms with E-state index in [1.807, 2.05) is 53.2 Å². The molecule has 2 aromatic rings. The van der Waals surface area contributed by atoms with Crippen LogP contribution in [-0.4, -0.2) is 69.0 Å². The third-order valence-electron chi connectivity index (χ3n) is 6.08. The number of carbonyl (C=O) groups is 2. The molecule has 8 heteroatoms. The Morgan fingerprint density at radius 2 is 1.90 bits per heavy atom. The number of likely N-dealkylation sites (N-methyl/N-ethyl adjacent to an activating group) is 1. The van der Waals surface area contributed by atoms with Gasteiger partial charge in [-0.15, -0.1) is 10.2 Å². The number of piperazine rings is 1. The van der Waals surface area contributed by atoms with Crippen LogP contribution in [0.4, 0.5) is 5.82 Å². The van der Waals surface area contributed by atoms with Crippen LogP contribution < -0.4 is 4.90 Å². The van der Waals surface area contributed by atoms with Gasteiger partial charge in [-0.1, -0.05) is 24.1 Å². The summed E-state index contributed by atoms with van der Waals surface area (Å²) >= 11 is 0. The molecule has 0 saturated carbocycles. The number of fused-ring (bicyclic) bond motifs is 2. The number of carboxylic acids is 2. The van der Waals surface area contributed by atoms with Crippen molar-refractivity contribution in [3.8, 4) is 11.8 Å². The molecule has 3 heterocycles. The van der Waals surface area contributed by atoms with Gasteiger partial charge in [0.05, 0.1) is 11.1 Å². The molecule has 2 fully saturated rings. The van der Waals surface area contributed by atoms with Crippen molar-refractivity contribution >= 4 is 17.8 Å². The number of aromatic nitrogens is 2. The van der Waals surface area contributed by atoms with Gasteiger partial charge < -0.3 is 15.1 Å². The first-order chi connectivity index (χ1) is 14.9. The Labute approximate surface area is 179 Å². The van der Waals surface area contributed by atoms with Crippen molar-refractivity contribution in [1.29, 1.82) is 0 Å². The Bertz CT molecular complexity index is 1090. The van der Waals surface area contributed by atoms with Crippen LogP contribution in [0.2, 0.25) is 0 Å². The Morgan fingerprint density at radius 3 is 2.55 bits per heavy atom. The van der Waals surface area contributed by atoms with Crippen molar-refractivity contribution in [2.24, 2.45) is 0 Å². The SMILES string of the molecule is CN1C2CCC1(/C(=C\C(=O)O)C(=O)O)CN(c1ccc(C#Cc3ccccc3)nn1)C2. The fourth-order valence-corrected chi connectivity index (χ4v) is 4.49. The summed E-state index contributed by atoms with van der Waals surface area (Å²) in [7, 11) is 1.86. The second-order valence-corrected chi connectivity index (χ2v) is 7.81. The number of rotatable bonds is 4. The first kappa shape index (κ1) is 20.6. The first-order valence-corrected chi connectivity index (χ1v) is 9.96. The number of hydrogen-bond acceptors (Lipinski definition) is 6. The average Bonchev–Trinajstić information content (AvgIpc) is 2.95. The van der Waals surface area contributed by atoms with E-state index in [4.69, 9.17) is 0 Å². The van der Waals surface area contributed by atoms with Crippen LogP contribution in [0, 0.1) is 11.8 Å². The molecule has 1 aromatic carbocycles. The van der Waals surface area contributed by atoms with Gasteiger partial charge in [-0.05, 0) is 50.1 Å². The van der Waals surface area contributed by atoms with Crippen molar-refractivity contribution in [1.82, 2.24) is 15.1 Å². The molecule has 1 aromatic heterocycles. The maximum atomic E-state index is 11.9. The third kappa shape index (κ3) is 4.00. The van der Waals surface area contributed by atoms with E-state index in [1.54, 1.807) is 6.07 Å². The maximum absolute atomic E-state index is 11.9. The van der Waals surface area contributed by atoms with Crippen molar-refractivity contribution in [2.45, 2.75) is 24.4 Å². The number of aliphatic carboxylic acids is 2. The van der Waals surface area contributed by atoms with Crippen LogP contribution in [0.3, 0.4) is 0 Å². The zero-order valence-corrected chi connectivity index (χ0v) is 17.0. The summed E-state index contributed by atoms with van der Waals surface area (Å²) in [6.07, 6.45) is 2.17. The van der Waals surface area contributed by atoms with E-state index in [0.29, 0.717) is 31.0 Å². The minimum absolute atomic E-state index is 0.102. The lowest BCUT2D eigenvalue weighted by Crippen LogP contribution is -2.62. The highest BCUT2D eigenvalue weighted by Gasteiger charge is 2.53. The predicted molar refractivity (Wildman–Crippen MR) is 114 cm³/mol. The highest BCUT2D eigenvalue weighted by Crippen LogP contribution is 2.43. The molecule has 158 valence electrons. The fourth-order valence-electron chi connectivity index (χ4n) is 4.49. The quantitative estimate of drug-likeness (QED) is 0.570. The second kappa shape index (κ2) is 8.20. The molecule has 0 spiro atoms. The number of carboxylic acid groups (broad SMARTS) is 2. The van der Waals surface area contributed by atoms with E-state index in [1.165, 1.54) is 0 Å². The van der Waals surface area contributed by atoms with Crippen LogP contribution in [-0.2, 0) is 9.59 Å². The lowest BCUT2D eigenvalue weighted by molar-refractivity contribution is -0.136. The molecular formula is C23H22N4O4. The Kier molecular flexibility index (Phi) is 5.44. The Balaban J connectivity index is 1.59. The van der Waals surface area contributed by atoms with Crippen molar-refractivity contribution in [3.05, 3.63) is 65.4 Å². The summed E-state index contributed by atoms with van der Waals surface area (Å²) in [6.45, 7) is 0.997. The molecule has 2 aliphatic rings. The topological polar surface area (TPSA) is 107 Å². The minimum Gasteiger partial charge on any atom is -0.478 e. The van der Waals surface area contributed by atoms with E-state index in [2.05, 4.69) is 22.0 Å². The minimum atomic E-state index is -1.26. The van der Waals surface area contributed by atoms with E-state index in [0.717, 1.165) is 18.1 Å². The molecule has 0 aliphatic carbocycles. The molecule has 8 nitrogen and oxygen atoms in total. The Hall–Kier alpha value is -3.70. The van der Waals surface area contributed by atoms with E-state index < -0.39 is 17.5 Å². The molecule has 2 bridgehead atoms. The van der Waals surface area contributed by atoms with Crippen LogP contribution in [0.1, 0.15) is 24.1 Å². The standard InChI is InChI=1S/C23H22N4O4/c1-26-18-11-12-23(26,19(22(30)31)13-21(28)29)15-27(14-18)20-10-9-17(24-25-20)8-7-16-5-3-2-4-6-16/h2-6,9-10,13,18H,11-12,14-15H2,1H3,(H,28,29)(H,30,31)/b19-13-. The van der Waals surface area contributed by atoms with Crippen LogP contribution in [0.5, 0.6) is 0 Å². The number of anilines is 1. The van der Waals surface area contributed by atoms with Gasteiger partial charge in [0.15, 0.2) is 5.82 Å². The molecule has 4 rings (SSSR count). The molecule has 2 atom stereocenters. The van der Waals surface area contributed by atoms with Gasteiger partial charge in [0.2, 0.25) is 0 Å². The van der Waals surface area contributed by atoms with Crippen LogP contribution >= 0.6 is 0 Å². The monoisotopic (exact) mass is 418 g/mol. The lowest BCUT2D eigenvalue weighted by Gasteiger charge is -2.47. The summed E-state index contributed by atoms with van der Waals surface area (Å²) in [6, 6.07) is 13.3. The lowest BCUT2D eigenvalue weighted by atomic mass is 9.85. The molecule has 2 N–H and O–H groups in total. The third-order valence-corrected chi connectivity index (χ3v) is 6.08. The molecular weight excluding hydrogens is 396 g/mol. The van der Waals surface area contributed by atoms with Gasteiger partial charge >= 0.3 is 11.9 Å². The Morgan fingerprint density at radius 1 is 1.13 bits per heavy atom. The zero-order chi connectivity index (χ0) is 22.0. The molecule has 31 heavy (non-hydrogen) atoms. The van der Waals surface area contributed by atoms with Gasteiger partial charge in [-0.3, -0.25) is 4.90 Å². The van der Waals surface area contributed by atoms with Gasteiger partial charge in [0.25, 0.3) is 0 Å². The smallest absolute Gasteiger partial charge is 0.333 e. The van der Waals surface area contributed by atoms with Crippen LogP contribution in [0.15, 0.2) is 54.1 Å². The molecule has 0 amide bonds. The molecule has 0 radical (unpaired) electrons. The average molecular weight is 418 g/mol. The summed E-state index contributed by atoms with van der Waals surface area (Å²) in [4.78, 5) is 27.2. The summed E-state index contributed by atoms with van der Waals surface area (Å²) in [5.74, 6) is 4.17. The number of nitrogens with zero attached hydrogens (tertiary/aromatic N) is 4. The molecule has 2 unspecified atom stereocenters. The van der Waals surface area contributed by atoms with Gasteiger partial charge in [0.1, 0.15) is 5.69 Å². The summed E-state index contributed by atoms with van der Waals surface area (Å²) in [5.41, 5.74) is 0.433. The number of hydrogen-bond donors (Lipinski definition) is 2. The highest BCUT2D eigenvalue weighted by atomic mass is 16.4. The largest absolute Gasteiger partial charge is 0.478 e. The van der Waals surface area contributed by atoms with Gasteiger partial charge in [0, 0.05) is 30.8 Å². The van der Waals surface area contributed by atoms with Crippen molar-refractivity contribution < 1.29 is 19.8 Å². The zero-order valence-electron chi connectivity index (χ0n) is 17.0. The van der Waals surface area contributed by atoms with E-state index >= 15 is 0 Å². The van der Waals surface area contributed by atoms with E-state index in [9.17, 15) is 19.8 Å². The predicted octanol–water partition coefficient (Wildman–Crippen LogP) is 1.62. The van der Waals surface area contributed by atoms with E-state index in [-0.39, 0.29) is 11.6 Å². The normalized spacial score (nSPS) is 23.2. The maximum Gasteiger partial charge on any atom is 0.333 e.